The number of fused-ring (bicyclic) bond motifs is 1. The van der Waals surface area contributed by atoms with Crippen molar-refractivity contribution in [2.75, 3.05) is 0 Å². The summed E-state index contributed by atoms with van der Waals surface area (Å²) in [5.41, 5.74) is 6.41. The van der Waals surface area contributed by atoms with Crippen molar-refractivity contribution in [2.24, 2.45) is 5.84 Å². The molecule has 1 heterocycles. The van der Waals surface area contributed by atoms with Gasteiger partial charge in [0.05, 0.1) is 21.3 Å². The zero-order valence-electron chi connectivity index (χ0n) is 11.3. The molecule has 2 aromatic carbocycles. The Morgan fingerprint density at radius 1 is 1.15 bits per heavy atom. The molecule has 4 heteroatoms. The van der Waals surface area contributed by atoms with E-state index in [1.165, 1.54) is 15.8 Å². The molecule has 1 unspecified atom stereocenters. The van der Waals surface area contributed by atoms with E-state index in [9.17, 15) is 0 Å². The molecule has 20 heavy (non-hydrogen) atoms. The maximum atomic E-state index is 5.71. The van der Waals surface area contributed by atoms with Crippen LogP contribution in [0, 0.1) is 6.92 Å². The van der Waals surface area contributed by atoms with Crippen molar-refractivity contribution in [3.8, 4) is 0 Å². The molecule has 1 atom stereocenters. The lowest BCUT2D eigenvalue weighted by molar-refractivity contribution is 0.551. The first-order chi connectivity index (χ1) is 9.76. The third-order valence-corrected chi connectivity index (χ3v) is 4.46. The van der Waals surface area contributed by atoms with Crippen LogP contribution in [0.15, 0.2) is 48.5 Å². The van der Waals surface area contributed by atoms with Crippen molar-refractivity contribution in [2.45, 2.75) is 19.4 Å². The van der Waals surface area contributed by atoms with Gasteiger partial charge in [-0.05, 0) is 24.6 Å². The Morgan fingerprint density at radius 3 is 2.60 bits per heavy atom. The third-order valence-electron chi connectivity index (χ3n) is 3.40. The fourth-order valence-electron chi connectivity index (χ4n) is 2.25. The average molecular weight is 283 g/mol. The Labute approximate surface area is 122 Å². The molecule has 0 fully saturated rings. The normalized spacial score (nSPS) is 12.7. The monoisotopic (exact) mass is 283 g/mol. The predicted octanol–water partition coefficient (Wildman–Crippen LogP) is 3.35. The lowest BCUT2D eigenvalue weighted by atomic mass is 10.0. The number of nitrogens with two attached hydrogens (primary N) is 1. The zero-order chi connectivity index (χ0) is 13.9. The van der Waals surface area contributed by atoms with Crippen molar-refractivity contribution < 1.29 is 0 Å². The van der Waals surface area contributed by atoms with Crippen molar-refractivity contribution >= 4 is 21.6 Å². The summed E-state index contributed by atoms with van der Waals surface area (Å²) in [4.78, 5) is 4.67. The summed E-state index contributed by atoms with van der Waals surface area (Å²) in [7, 11) is 0. The molecule has 3 aromatic rings. The second kappa shape index (κ2) is 5.71. The maximum Gasteiger partial charge on any atom is 0.0958 e. The lowest BCUT2D eigenvalue weighted by Crippen LogP contribution is -2.29. The van der Waals surface area contributed by atoms with Crippen molar-refractivity contribution in [3.63, 3.8) is 0 Å². The molecule has 3 nitrogen and oxygen atoms in total. The Morgan fingerprint density at radius 2 is 1.90 bits per heavy atom. The molecule has 0 saturated carbocycles. The molecule has 0 saturated heterocycles. The van der Waals surface area contributed by atoms with Crippen molar-refractivity contribution in [1.82, 2.24) is 10.4 Å². The number of aromatic nitrogens is 1. The van der Waals surface area contributed by atoms with Crippen LogP contribution in [0.4, 0.5) is 0 Å². The highest BCUT2D eigenvalue weighted by Crippen LogP contribution is 2.26. The summed E-state index contributed by atoms with van der Waals surface area (Å²) in [6.45, 7) is 2.09. The first-order valence-electron chi connectivity index (χ1n) is 6.63. The van der Waals surface area contributed by atoms with Gasteiger partial charge in [0.15, 0.2) is 0 Å². The quantitative estimate of drug-likeness (QED) is 0.570. The van der Waals surface area contributed by atoms with Gasteiger partial charge in [0.25, 0.3) is 0 Å². The SMILES string of the molecule is Cc1ccc(C(Cc2nc3ccccc3s2)NN)cc1. The van der Waals surface area contributed by atoms with Gasteiger partial charge in [0, 0.05) is 6.42 Å². The van der Waals surface area contributed by atoms with Crippen LogP contribution < -0.4 is 11.3 Å². The van der Waals surface area contributed by atoms with Crippen LogP contribution in [0.2, 0.25) is 0 Å². The minimum absolute atomic E-state index is 0.0937. The largest absolute Gasteiger partial charge is 0.271 e. The minimum Gasteiger partial charge on any atom is -0.271 e. The van der Waals surface area contributed by atoms with E-state index in [2.05, 4.69) is 47.7 Å². The number of aryl methyl sites for hydroxylation is 1. The van der Waals surface area contributed by atoms with E-state index in [4.69, 9.17) is 5.84 Å². The van der Waals surface area contributed by atoms with Crippen LogP contribution in [-0.2, 0) is 6.42 Å². The minimum atomic E-state index is 0.0937. The molecular weight excluding hydrogens is 266 g/mol. The van der Waals surface area contributed by atoms with E-state index in [1.54, 1.807) is 11.3 Å². The molecule has 0 aliphatic rings. The fraction of sp³-hybridized carbons (Fsp3) is 0.188. The van der Waals surface area contributed by atoms with Gasteiger partial charge in [-0.1, -0.05) is 42.0 Å². The number of hydrogen-bond acceptors (Lipinski definition) is 4. The highest BCUT2D eigenvalue weighted by molar-refractivity contribution is 7.18. The number of nitrogens with one attached hydrogen (secondary N) is 1. The van der Waals surface area contributed by atoms with Gasteiger partial charge in [0.1, 0.15) is 0 Å². The Balaban J connectivity index is 1.85. The van der Waals surface area contributed by atoms with Crippen molar-refractivity contribution in [3.05, 3.63) is 64.7 Å². The number of hydrazine groups is 1. The van der Waals surface area contributed by atoms with Crippen LogP contribution >= 0.6 is 11.3 Å². The summed E-state index contributed by atoms with van der Waals surface area (Å²) in [5, 5.41) is 1.11. The first kappa shape index (κ1) is 13.2. The second-order valence-corrected chi connectivity index (χ2v) is 6.02. The van der Waals surface area contributed by atoms with Gasteiger partial charge >= 0.3 is 0 Å². The number of benzene rings is 2. The van der Waals surface area contributed by atoms with Crippen LogP contribution in [0.1, 0.15) is 22.2 Å². The number of nitrogens with zero attached hydrogens (tertiary/aromatic N) is 1. The molecule has 3 N–H and O–H groups in total. The molecule has 0 spiro atoms. The van der Waals surface area contributed by atoms with E-state index < -0.39 is 0 Å². The first-order valence-corrected chi connectivity index (χ1v) is 7.45. The van der Waals surface area contributed by atoms with Gasteiger partial charge in [0.2, 0.25) is 0 Å². The molecule has 1 aromatic heterocycles. The van der Waals surface area contributed by atoms with Gasteiger partial charge in [-0.25, -0.2) is 4.98 Å². The van der Waals surface area contributed by atoms with Gasteiger partial charge in [-0.3, -0.25) is 11.3 Å². The van der Waals surface area contributed by atoms with E-state index in [0.29, 0.717) is 0 Å². The average Bonchev–Trinajstić information content (AvgIpc) is 2.88. The number of rotatable bonds is 4. The number of hydrogen-bond donors (Lipinski definition) is 2. The van der Waals surface area contributed by atoms with E-state index in [0.717, 1.165) is 16.9 Å². The van der Waals surface area contributed by atoms with Gasteiger partial charge < -0.3 is 0 Å². The van der Waals surface area contributed by atoms with Gasteiger partial charge in [-0.2, -0.15) is 0 Å². The molecule has 102 valence electrons. The Bertz CT molecular complexity index is 670. The fourth-order valence-corrected chi connectivity index (χ4v) is 3.27. The van der Waals surface area contributed by atoms with Crippen LogP contribution in [0.3, 0.4) is 0 Å². The molecule has 0 aliphatic carbocycles. The van der Waals surface area contributed by atoms with E-state index in [1.807, 2.05) is 18.2 Å². The number of para-hydroxylation sites is 1. The standard InChI is InChI=1S/C16H17N3S/c1-11-6-8-12(9-7-11)14(19-17)10-16-18-13-4-2-3-5-15(13)20-16/h2-9,14,19H,10,17H2,1H3. The van der Waals surface area contributed by atoms with E-state index in [-0.39, 0.29) is 6.04 Å². The Kier molecular flexibility index (Phi) is 3.78. The number of thiazole rings is 1. The summed E-state index contributed by atoms with van der Waals surface area (Å²) < 4.78 is 1.22. The summed E-state index contributed by atoms with van der Waals surface area (Å²) in [5.74, 6) is 5.71. The van der Waals surface area contributed by atoms with Crippen LogP contribution in [-0.4, -0.2) is 4.98 Å². The third kappa shape index (κ3) is 2.72. The molecule has 0 amide bonds. The molecule has 0 radical (unpaired) electrons. The van der Waals surface area contributed by atoms with Gasteiger partial charge in [-0.15, -0.1) is 11.3 Å². The summed E-state index contributed by atoms with van der Waals surface area (Å²) in [6, 6.07) is 16.8. The lowest BCUT2D eigenvalue weighted by Gasteiger charge is -2.15. The molecule has 0 aliphatic heterocycles. The smallest absolute Gasteiger partial charge is 0.0958 e. The van der Waals surface area contributed by atoms with Crippen LogP contribution in [0.5, 0.6) is 0 Å². The topological polar surface area (TPSA) is 50.9 Å². The summed E-state index contributed by atoms with van der Waals surface area (Å²) >= 11 is 1.73. The van der Waals surface area contributed by atoms with Crippen LogP contribution in [0.25, 0.3) is 10.2 Å². The molecule has 3 rings (SSSR count). The summed E-state index contributed by atoms with van der Waals surface area (Å²) in [6.07, 6.45) is 0.804. The molecule has 0 bridgehead atoms. The zero-order valence-corrected chi connectivity index (χ0v) is 12.2. The highest BCUT2D eigenvalue weighted by Gasteiger charge is 2.13. The van der Waals surface area contributed by atoms with Crippen molar-refractivity contribution in [1.29, 1.82) is 0 Å². The predicted molar refractivity (Wildman–Crippen MR) is 84.6 cm³/mol. The Hall–Kier alpha value is -1.75. The molecular formula is C16H17N3S. The van der Waals surface area contributed by atoms with E-state index >= 15 is 0 Å². The highest BCUT2D eigenvalue weighted by atomic mass is 32.1. The maximum absolute atomic E-state index is 5.71. The second-order valence-electron chi connectivity index (χ2n) is 4.91.